The molecule has 170 valence electrons. The highest BCUT2D eigenvalue weighted by atomic mass is 35.5. The lowest BCUT2D eigenvalue weighted by Gasteiger charge is -2.19. The van der Waals surface area contributed by atoms with Crippen LogP contribution in [0.3, 0.4) is 0 Å². The van der Waals surface area contributed by atoms with Gasteiger partial charge in [0.05, 0.1) is 35.4 Å². The van der Waals surface area contributed by atoms with E-state index in [-0.39, 0.29) is 11.8 Å². The van der Waals surface area contributed by atoms with E-state index in [1.807, 2.05) is 24.3 Å². The number of aryl methyl sites for hydroxylation is 1. The molecule has 1 fully saturated rings. The second-order valence-electron chi connectivity index (χ2n) is 8.06. The van der Waals surface area contributed by atoms with Gasteiger partial charge in [-0.15, -0.1) is 11.3 Å². The first kappa shape index (κ1) is 25.5. The fourth-order valence-corrected chi connectivity index (χ4v) is 5.06. The number of ether oxygens (including phenoxy) is 1. The Morgan fingerprint density at radius 1 is 1.20 bits per heavy atom. The predicted octanol–water partition coefficient (Wildman–Crippen LogP) is 3.73. The van der Waals surface area contributed by atoms with Gasteiger partial charge in [-0.1, -0.05) is 35.9 Å². The molecule has 0 saturated heterocycles. The minimum Gasteiger partial charge on any atom is -0.393 e. The second-order valence-corrected chi connectivity index (χ2v) is 9.86. The van der Waals surface area contributed by atoms with Crippen LogP contribution in [0.4, 0.5) is 0 Å². The molecule has 1 aromatic rings. The van der Waals surface area contributed by atoms with Gasteiger partial charge >= 0.3 is 0 Å². The minimum atomic E-state index is -0.595. The summed E-state index contributed by atoms with van der Waals surface area (Å²) in [5.74, 6) is -0.228. The number of thiophene rings is 1. The molecule has 0 bridgehead atoms. The van der Waals surface area contributed by atoms with Crippen molar-refractivity contribution in [2.24, 2.45) is 11.8 Å². The summed E-state index contributed by atoms with van der Waals surface area (Å²) >= 11 is 7.46. The molecule has 2 rings (SSSR count). The van der Waals surface area contributed by atoms with E-state index in [2.05, 4.69) is 6.08 Å². The molecule has 0 spiro atoms. The van der Waals surface area contributed by atoms with Crippen LogP contribution in [0.5, 0.6) is 0 Å². The Balaban J connectivity index is 1.77. The lowest BCUT2D eigenvalue weighted by molar-refractivity contribution is 0.0582. The van der Waals surface area contributed by atoms with Crippen LogP contribution in [0.15, 0.2) is 36.4 Å². The summed E-state index contributed by atoms with van der Waals surface area (Å²) in [6.07, 6.45) is 10.4. The summed E-state index contributed by atoms with van der Waals surface area (Å²) in [4.78, 5) is 1.14. The van der Waals surface area contributed by atoms with Crippen molar-refractivity contribution in [3.8, 4) is 0 Å². The number of methoxy groups -OCH3 is 1. The Hall–Kier alpha value is -0.730. The highest BCUT2D eigenvalue weighted by Gasteiger charge is 2.39. The van der Waals surface area contributed by atoms with Gasteiger partial charge in [0.25, 0.3) is 0 Å². The van der Waals surface area contributed by atoms with E-state index in [1.165, 1.54) is 11.3 Å². The highest BCUT2D eigenvalue weighted by Crippen LogP contribution is 2.36. The van der Waals surface area contributed by atoms with Crippen molar-refractivity contribution in [3.05, 3.63) is 45.7 Å². The molecule has 0 aliphatic heterocycles. The Kier molecular flexibility index (Phi) is 11.6. The quantitative estimate of drug-likeness (QED) is 0.267. The third-order valence-corrected chi connectivity index (χ3v) is 6.92. The topological polar surface area (TPSA) is 90.2 Å². The molecule has 1 aromatic heterocycles. The fraction of sp³-hybridized carbons (Fsp3) is 0.652. The number of allylic oxidation sites excluding steroid dienone is 2. The third kappa shape index (κ3) is 8.79. The molecule has 0 amide bonds. The van der Waals surface area contributed by atoms with Gasteiger partial charge < -0.3 is 25.2 Å². The first-order valence-electron chi connectivity index (χ1n) is 10.7. The zero-order valence-electron chi connectivity index (χ0n) is 17.6. The summed E-state index contributed by atoms with van der Waals surface area (Å²) in [5, 5.41) is 40.6. The van der Waals surface area contributed by atoms with E-state index >= 15 is 0 Å². The van der Waals surface area contributed by atoms with E-state index in [9.17, 15) is 20.4 Å². The Labute approximate surface area is 188 Å². The Bertz CT molecular complexity index is 662. The van der Waals surface area contributed by atoms with Crippen LogP contribution in [-0.2, 0) is 11.2 Å². The van der Waals surface area contributed by atoms with Crippen molar-refractivity contribution in [2.45, 2.75) is 69.4 Å². The molecule has 0 radical (unpaired) electrons. The largest absolute Gasteiger partial charge is 0.393 e. The zero-order valence-corrected chi connectivity index (χ0v) is 19.1. The number of aliphatic hydroxyl groups excluding tert-OH is 4. The highest BCUT2D eigenvalue weighted by molar-refractivity contribution is 7.16. The van der Waals surface area contributed by atoms with Crippen molar-refractivity contribution in [2.75, 3.05) is 13.7 Å². The monoisotopic (exact) mass is 458 g/mol. The predicted molar refractivity (Wildman–Crippen MR) is 122 cm³/mol. The molecular formula is C23H35ClO5S. The van der Waals surface area contributed by atoms with Crippen LogP contribution in [0, 0.1) is 11.8 Å². The van der Waals surface area contributed by atoms with Crippen molar-refractivity contribution in [3.63, 3.8) is 0 Å². The van der Waals surface area contributed by atoms with Gasteiger partial charge in [0.15, 0.2) is 0 Å². The van der Waals surface area contributed by atoms with Crippen molar-refractivity contribution >= 4 is 22.9 Å². The normalized spacial score (nSPS) is 26.7. The Morgan fingerprint density at radius 3 is 2.70 bits per heavy atom. The number of hydrogen-bond donors (Lipinski definition) is 4. The lowest BCUT2D eigenvalue weighted by atomic mass is 9.89. The number of rotatable bonds is 13. The van der Waals surface area contributed by atoms with E-state index in [0.29, 0.717) is 32.3 Å². The van der Waals surface area contributed by atoms with Gasteiger partial charge in [0, 0.05) is 24.3 Å². The molecule has 4 N–H and O–H groups in total. The zero-order chi connectivity index (χ0) is 21.9. The second kappa shape index (κ2) is 13.6. The molecular weight excluding hydrogens is 424 g/mol. The lowest BCUT2D eigenvalue weighted by Crippen LogP contribution is -2.20. The molecule has 5 nitrogen and oxygen atoms in total. The molecule has 7 heteroatoms. The summed E-state index contributed by atoms with van der Waals surface area (Å²) in [6, 6.07) is 3.83. The first-order chi connectivity index (χ1) is 14.4. The van der Waals surface area contributed by atoms with Gasteiger partial charge in [-0.05, 0) is 56.6 Å². The van der Waals surface area contributed by atoms with E-state index in [0.717, 1.165) is 28.5 Å². The summed E-state index contributed by atoms with van der Waals surface area (Å²) in [6.45, 7) is 0.358. The SMILES string of the molecule is COCC(O)CCCC=CC[C@H]1C(O)CC(O)[C@@H]1C=CC(O)CCc1ccc(Cl)s1. The Morgan fingerprint density at radius 2 is 2.00 bits per heavy atom. The molecule has 0 aromatic carbocycles. The smallest absolute Gasteiger partial charge is 0.0931 e. The molecule has 1 aliphatic rings. The molecule has 30 heavy (non-hydrogen) atoms. The fourth-order valence-electron chi connectivity index (χ4n) is 3.95. The molecule has 1 aliphatic carbocycles. The first-order valence-corrected chi connectivity index (χ1v) is 11.9. The van der Waals surface area contributed by atoms with Crippen LogP contribution in [0.25, 0.3) is 0 Å². The summed E-state index contributed by atoms with van der Waals surface area (Å²) in [7, 11) is 1.58. The molecule has 4 unspecified atom stereocenters. The van der Waals surface area contributed by atoms with E-state index in [1.54, 1.807) is 13.2 Å². The van der Waals surface area contributed by atoms with E-state index < -0.39 is 24.4 Å². The van der Waals surface area contributed by atoms with Crippen molar-refractivity contribution < 1.29 is 25.2 Å². The van der Waals surface area contributed by atoms with Crippen LogP contribution in [0.1, 0.15) is 43.4 Å². The number of aliphatic hydroxyl groups is 4. The van der Waals surface area contributed by atoms with Crippen LogP contribution in [-0.4, -0.2) is 58.6 Å². The third-order valence-electron chi connectivity index (χ3n) is 5.63. The maximum Gasteiger partial charge on any atom is 0.0931 e. The summed E-state index contributed by atoms with van der Waals surface area (Å²) < 4.78 is 5.66. The van der Waals surface area contributed by atoms with Crippen LogP contribution < -0.4 is 0 Å². The molecule has 1 saturated carbocycles. The maximum absolute atomic E-state index is 10.3. The van der Waals surface area contributed by atoms with E-state index in [4.69, 9.17) is 16.3 Å². The summed E-state index contributed by atoms with van der Waals surface area (Å²) in [5.41, 5.74) is 0. The number of hydrogen-bond acceptors (Lipinski definition) is 6. The molecule has 1 heterocycles. The average Bonchev–Trinajstić information content (AvgIpc) is 3.23. The van der Waals surface area contributed by atoms with Crippen LogP contribution in [0.2, 0.25) is 4.34 Å². The van der Waals surface area contributed by atoms with Gasteiger partial charge in [-0.25, -0.2) is 0 Å². The maximum atomic E-state index is 10.3. The standard InChI is InChI=1S/C23H35ClO5S/c1-29-15-17(26)6-4-2-3-5-7-19-20(22(28)14-21(19)27)12-9-16(25)8-10-18-11-13-23(24)30-18/h3,5,9,11-13,16-17,19-22,25-28H,2,4,6-8,10,14-15H2,1H3/t16?,17?,19-,20-,21?,22?/m1/s1. The number of unbranched alkanes of at least 4 members (excludes halogenated alkanes) is 1. The minimum absolute atomic E-state index is 0.0603. The van der Waals surface area contributed by atoms with Gasteiger partial charge in [0.2, 0.25) is 0 Å². The number of halogens is 1. The molecule has 6 atom stereocenters. The van der Waals surface area contributed by atoms with Gasteiger partial charge in [0.1, 0.15) is 0 Å². The van der Waals surface area contributed by atoms with Gasteiger partial charge in [-0.3, -0.25) is 0 Å². The van der Waals surface area contributed by atoms with Crippen molar-refractivity contribution in [1.29, 1.82) is 0 Å². The van der Waals surface area contributed by atoms with Gasteiger partial charge in [-0.2, -0.15) is 0 Å². The average molecular weight is 459 g/mol. The van der Waals surface area contributed by atoms with Crippen molar-refractivity contribution in [1.82, 2.24) is 0 Å². The van der Waals surface area contributed by atoms with Crippen LogP contribution >= 0.6 is 22.9 Å².